The van der Waals surface area contributed by atoms with Crippen LogP contribution in [0.2, 0.25) is 0 Å². The first-order valence-corrected chi connectivity index (χ1v) is 7.87. The molecule has 4 nitrogen and oxygen atoms in total. The van der Waals surface area contributed by atoms with E-state index in [1.807, 2.05) is 0 Å². The molecule has 0 aliphatic carbocycles. The Morgan fingerprint density at radius 1 is 0.955 bits per heavy atom. The molecular formula is C17H33LiO4. The fourth-order valence-electron chi connectivity index (χ4n) is 1.73. The number of unbranched alkanes of at least 4 members (excludes halogenated alkanes) is 5. The molecule has 126 valence electrons. The summed E-state index contributed by atoms with van der Waals surface area (Å²) >= 11 is 0. The van der Waals surface area contributed by atoms with Crippen molar-refractivity contribution in [3.8, 4) is 0 Å². The predicted molar refractivity (Wildman–Crippen MR) is 86.2 cm³/mol. The van der Waals surface area contributed by atoms with E-state index < -0.39 is 18.4 Å². The largest absolute Gasteiger partial charge is 1.00 e. The Labute approximate surface area is 148 Å². The molecule has 1 atom stereocenters. The van der Waals surface area contributed by atoms with Crippen molar-refractivity contribution in [1.82, 2.24) is 0 Å². The molecule has 0 spiro atoms. The maximum absolute atomic E-state index is 9.43. The summed E-state index contributed by atoms with van der Waals surface area (Å²) in [5, 5.41) is 15.4. The number of aliphatic carboxylic acids is 2. The summed E-state index contributed by atoms with van der Waals surface area (Å²) in [6.07, 6.45) is 8.87. The van der Waals surface area contributed by atoms with E-state index in [0.29, 0.717) is 11.3 Å². The van der Waals surface area contributed by atoms with E-state index in [0.717, 1.165) is 0 Å². The molecule has 1 unspecified atom stereocenters. The van der Waals surface area contributed by atoms with Crippen molar-refractivity contribution in [1.29, 1.82) is 0 Å². The van der Waals surface area contributed by atoms with E-state index in [2.05, 4.69) is 34.6 Å². The molecule has 0 rings (SSSR count). The monoisotopic (exact) mass is 308 g/mol. The average molecular weight is 308 g/mol. The van der Waals surface area contributed by atoms with Crippen LogP contribution in [0.3, 0.4) is 0 Å². The molecule has 0 aromatic rings. The Bertz CT molecular complexity index is 273. The minimum atomic E-state index is -1.31. The Kier molecular flexibility index (Phi) is 18.5. The van der Waals surface area contributed by atoms with Crippen molar-refractivity contribution in [3.63, 3.8) is 0 Å². The minimum Gasteiger partial charge on any atom is -0.481 e. The normalized spacial score (nSPS) is 11.7. The summed E-state index contributed by atoms with van der Waals surface area (Å²) in [4.78, 5) is 18.9. The van der Waals surface area contributed by atoms with Crippen molar-refractivity contribution in [2.75, 3.05) is 0 Å². The van der Waals surface area contributed by atoms with Crippen LogP contribution in [-0.2, 0) is 9.59 Å². The topological polar surface area (TPSA) is 74.6 Å². The predicted octanol–water partition coefficient (Wildman–Crippen LogP) is 1.78. The van der Waals surface area contributed by atoms with E-state index in [9.17, 15) is 9.59 Å². The van der Waals surface area contributed by atoms with Crippen LogP contribution in [0.4, 0.5) is 0 Å². The number of carboxylic acids is 2. The number of carbonyl (C=O) groups is 2. The van der Waals surface area contributed by atoms with Crippen molar-refractivity contribution in [3.05, 3.63) is 6.92 Å². The molecule has 0 aromatic heterocycles. The van der Waals surface area contributed by atoms with Gasteiger partial charge in [-0.1, -0.05) is 78.1 Å². The number of hydrogen-bond donors (Lipinski definition) is 2. The summed E-state index contributed by atoms with van der Waals surface area (Å²) in [6, 6.07) is 0. The molecule has 5 heteroatoms. The van der Waals surface area contributed by atoms with Gasteiger partial charge in [0.1, 0.15) is 6.42 Å². The van der Waals surface area contributed by atoms with Crippen LogP contribution in [0.15, 0.2) is 0 Å². The zero-order valence-electron chi connectivity index (χ0n) is 15.2. The van der Waals surface area contributed by atoms with Gasteiger partial charge in [-0.25, -0.2) is 0 Å². The zero-order chi connectivity index (χ0) is 16.9. The van der Waals surface area contributed by atoms with Crippen LogP contribution in [0.5, 0.6) is 0 Å². The third-order valence-corrected chi connectivity index (χ3v) is 3.43. The van der Waals surface area contributed by atoms with Gasteiger partial charge in [0, 0.05) is 0 Å². The van der Waals surface area contributed by atoms with E-state index in [1.165, 1.54) is 44.9 Å². The first-order valence-electron chi connectivity index (χ1n) is 7.87. The molecule has 0 saturated heterocycles. The number of carboxylic acid groups (broad SMARTS) is 2. The SMILES string of the molecule is O=C(O)CC(=O)O.[CH2-]C(CCCCCCCC)C(C)(C)C.[Li+]. The fourth-order valence-corrected chi connectivity index (χ4v) is 1.73. The van der Waals surface area contributed by atoms with Crippen LogP contribution in [-0.4, -0.2) is 22.2 Å². The van der Waals surface area contributed by atoms with Gasteiger partial charge < -0.3 is 17.1 Å². The summed E-state index contributed by atoms with van der Waals surface area (Å²) in [7, 11) is 0. The second-order valence-corrected chi connectivity index (χ2v) is 6.58. The summed E-state index contributed by atoms with van der Waals surface area (Å²) in [5.41, 5.74) is 0.392. The number of hydrogen-bond acceptors (Lipinski definition) is 2. The summed E-state index contributed by atoms with van der Waals surface area (Å²) in [6.45, 7) is 13.4. The average Bonchev–Trinajstić information content (AvgIpc) is 2.31. The second-order valence-electron chi connectivity index (χ2n) is 6.58. The molecule has 0 amide bonds. The Morgan fingerprint density at radius 2 is 1.36 bits per heavy atom. The van der Waals surface area contributed by atoms with Gasteiger partial charge in [-0.2, -0.15) is 5.92 Å². The first-order chi connectivity index (χ1) is 9.61. The van der Waals surface area contributed by atoms with Crippen molar-refractivity contribution in [2.24, 2.45) is 11.3 Å². The van der Waals surface area contributed by atoms with Crippen LogP contribution >= 0.6 is 0 Å². The Hall–Kier alpha value is -0.463. The molecular weight excluding hydrogens is 275 g/mol. The van der Waals surface area contributed by atoms with Gasteiger partial charge in [0.15, 0.2) is 0 Å². The summed E-state index contributed by atoms with van der Waals surface area (Å²) in [5.74, 6) is -2.01. The van der Waals surface area contributed by atoms with Crippen molar-refractivity contribution < 1.29 is 38.7 Å². The molecule has 22 heavy (non-hydrogen) atoms. The van der Waals surface area contributed by atoms with Gasteiger partial charge >= 0.3 is 30.8 Å². The quantitative estimate of drug-likeness (QED) is 0.295. The van der Waals surface area contributed by atoms with Crippen molar-refractivity contribution in [2.45, 2.75) is 79.1 Å². The molecule has 0 saturated carbocycles. The third-order valence-electron chi connectivity index (χ3n) is 3.43. The van der Waals surface area contributed by atoms with Gasteiger partial charge in [-0.05, 0) is 0 Å². The third kappa shape index (κ3) is 21.8. The van der Waals surface area contributed by atoms with E-state index in [1.54, 1.807) is 0 Å². The first kappa shape index (κ1) is 26.4. The van der Waals surface area contributed by atoms with E-state index in [4.69, 9.17) is 10.2 Å². The molecule has 0 aliphatic heterocycles. The summed E-state index contributed by atoms with van der Waals surface area (Å²) < 4.78 is 0. The van der Waals surface area contributed by atoms with Crippen LogP contribution in [0.25, 0.3) is 0 Å². The molecule has 0 fully saturated rings. The second kappa shape index (κ2) is 15.4. The van der Waals surface area contributed by atoms with Gasteiger partial charge in [0.2, 0.25) is 0 Å². The van der Waals surface area contributed by atoms with E-state index >= 15 is 0 Å². The Balaban J connectivity index is -0.000000385. The molecule has 0 aliphatic rings. The molecule has 0 aromatic carbocycles. The van der Waals surface area contributed by atoms with Gasteiger partial charge in [0.05, 0.1) is 0 Å². The van der Waals surface area contributed by atoms with Crippen molar-refractivity contribution >= 4 is 11.9 Å². The number of rotatable bonds is 9. The standard InChI is InChI=1S/C14H29.C3H4O4.Li/c1-6-7-8-9-10-11-12-13(2)14(3,4)5;4-2(5)1-3(6)7;/h13H,2,6-12H2,1,3-5H3;1H2,(H,4,5)(H,6,7);/q-1;;+1. The van der Waals surface area contributed by atoms with Crippen LogP contribution in [0.1, 0.15) is 79.1 Å². The van der Waals surface area contributed by atoms with Gasteiger partial charge in [-0.15, -0.1) is 0 Å². The Morgan fingerprint density at radius 3 is 1.68 bits per heavy atom. The molecule has 0 heterocycles. The molecule has 2 N–H and O–H groups in total. The van der Waals surface area contributed by atoms with Crippen LogP contribution in [0, 0.1) is 18.3 Å². The smallest absolute Gasteiger partial charge is 0.481 e. The van der Waals surface area contributed by atoms with Gasteiger partial charge in [-0.3, -0.25) is 9.59 Å². The minimum absolute atomic E-state index is 0. The van der Waals surface area contributed by atoms with E-state index in [-0.39, 0.29) is 18.9 Å². The molecule has 0 radical (unpaired) electrons. The maximum Gasteiger partial charge on any atom is 1.00 e. The van der Waals surface area contributed by atoms with Gasteiger partial charge in [0.25, 0.3) is 0 Å². The zero-order valence-corrected chi connectivity index (χ0v) is 15.2. The van der Waals surface area contributed by atoms with Crippen LogP contribution < -0.4 is 18.9 Å². The maximum atomic E-state index is 9.43. The molecule has 0 bridgehead atoms. The fraction of sp³-hybridized carbons (Fsp3) is 0.824.